The van der Waals surface area contributed by atoms with Crippen LogP contribution < -0.4 is 11.1 Å². The maximum atomic E-state index is 12.0. The first-order valence-corrected chi connectivity index (χ1v) is 6.09. The minimum atomic E-state index is -0.517. The highest BCUT2D eigenvalue weighted by molar-refractivity contribution is 5.95. The van der Waals surface area contributed by atoms with E-state index in [9.17, 15) is 4.79 Å². The number of anilines is 2. The number of carbonyl (C=O) groups excluding carboxylic acids is 1. The van der Waals surface area contributed by atoms with Gasteiger partial charge in [-0.05, 0) is 36.2 Å². The fourth-order valence-electron chi connectivity index (χ4n) is 1.70. The highest BCUT2D eigenvalue weighted by Gasteiger charge is 2.22. The predicted molar refractivity (Wildman–Crippen MR) is 71.6 cm³/mol. The molecule has 19 heavy (non-hydrogen) atoms. The molecule has 3 N–H and O–H groups in total. The summed E-state index contributed by atoms with van der Waals surface area (Å²) in [6.07, 6.45) is 0.964. The third-order valence-electron chi connectivity index (χ3n) is 2.97. The van der Waals surface area contributed by atoms with Gasteiger partial charge in [0.2, 0.25) is 5.91 Å². The average Bonchev–Trinajstić information content (AvgIpc) is 2.85. The lowest BCUT2D eigenvalue weighted by Crippen LogP contribution is -2.20. The summed E-state index contributed by atoms with van der Waals surface area (Å²) in [5.74, 6) is -0.576. The van der Waals surface area contributed by atoms with E-state index in [-0.39, 0.29) is 11.7 Å². The van der Waals surface area contributed by atoms with Gasteiger partial charge in [0.15, 0.2) is 5.82 Å². The van der Waals surface area contributed by atoms with Gasteiger partial charge in [0, 0.05) is 5.69 Å². The van der Waals surface area contributed by atoms with E-state index in [0.717, 1.165) is 12.1 Å². The molecule has 0 bridgehead atoms. The Labute approximate surface area is 111 Å². The normalized spacial score (nSPS) is 12.1. The van der Waals surface area contributed by atoms with Gasteiger partial charge in [-0.25, -0.2) is 4.63 Å². The van der Waals surface area contributed by atoms with Crippen molar-refractivity contribution in [3.05, 3.63) is 35.5 Å². The van der Waals surface area contributed by atoms with Crippen molar-refractivity contribution in [2.75, 3.05) is 11.1 Å². The van der Waals surface area contributed by atoms with Gasteiger partial charge >= 0.3 is 0 Å². The van der Waals surface area contributed by atoms with Crippen LogP contribution in [0, 0.1) is 0 Å². The highest BCUT2D eigenvalue weighted by Crippen LogP contribution is 2.20. The van der Waals surface area contributed by atoms with E-state index in [4.69, 9.17) is 5.73 Å². The molecule has 1 aromatic carbocycles. The Hall–Kier alpha value is -2.37. The fourth-order valence-corrected chi connectivity index (χ4v) is 1.70. The average molecular weight is 260 g/mol. The minimum absolute atomic E-state index is 0.143. The van der Waals surface area contributed by atoms with Crippen molar-refractivity contribution in [3.63, 3.8) is 0 Å². The van der Waals surface area contributed by atoms with Crippen molar-refractivity contribution >= 4 is 17.4 Å². The van der Waals surface area contributed by atoms with Crippen molar-refractivity contribution < 1.29 is 9.42 Å². The Morgan fingerprint density at radius 2 is 2.05 bits per heavy atom. The fraction of sp³-hybridized carbons (Fsp3) is 0.308. The molecule has 0 aliphatic carbocycles. The summed E-state index contributed by atoms with van der Waals surface area (Å²) in [5.41, 5.74) is 7.87. The topological polar surface area (TPSA) is 94.0 Å². The molecular weight excluding hydrogens is 244 g/mol. The zero-order chi connectivity index (χ0) is 13.8. The zero-order valence-corrected chi connectivity index (χ0v) is 10.9. The van der Waals surface area contributed by atoms with E-state index in [0.29, 0.717) is 5.69 Å². The molecule has 1 amide bonds. The standard InChI is InChI=1S/C13H16N4O2/c1-3-9-4-6-10(7-5-9)15-13(18)8(2)11-12(14)17-19-16-11/h4-8H,3H2,1-2H3,(H2,14,17)(H,15,18). The first kappa shape index (κ1) is 13.1. The second kappa shape index (κ2) is 5.51. The van der Waals surface area contributed by atoms with Crippen LogP contribution in [0.4, 0.5) is 11.5 Å². The summed E-state index contributed by atoms with van der Waals surface area (Å²) in [6.45, 7) is 3.78. The lowest BCUT2D eigenvalue weighted by molar-refractivity contribution is -0.117. The Morgan fingerprint density at radius 1 is 1.37 bits per heavy atom. The van der Waals surface area contributed by atoms with E-state index in [1.165, 1.54) is 5.56 Å². The molecule has 1 unspecified atom stereocenters. The molecule has 0 fully saturated rings. The number of carbonyl (C=O) groups is 1. The molecule has 1 atom stereocenters. The Kier molecular flexibility index (Phi) is 3.79. The van der Waals surface area contributed by atoms with Crippen LogP contribution in [0.1, 0.15) is 31.0 Å². The molecule has 0 radical (unpaired) electrons. The molecule has 1 aromatic heterocycles. The van der Waals surface area contributed by atoms with Crippen molar-refractivity contribution in [3.8, 4) is 0 Å². The van der Waals surface area contributed by atoms with E-state index < -0.39 is 5.92 Å². The molecule has 0 aliphatic rings. The van der Waals surface area contributed by atoms with Crippen molar-refractivity contribution in [1.82, 2.24) is 10.3 Å². The molecule has 6 nitrogen and oxygen atoms in total. The van der Waals surface area contributed by atoms with Gasteiger partial charge in [0.1, 0.15) is 5.69 Å². The van der Waals surface area contributed by atoms with Crippen molar-refractivity contribution in [1.29, 1.82) is 0 Å². The van der Waals surface area contributed by atoms with E-state index >= 15 is 0 Å². The van der Waals surface area contributed by atoms with Gasteiger partial charge in [0.25, 0.3) is 0 Å². The molecule has 0 saturated carbocycles. The molecule has 2 aromatic rings. The second-order valence-electron chi connectivity index (χ2n) is 4.30. The maximum absolute atomic E-state index is 12.0. The number of nitrogen functional groups attached to an aromatic ring is 1. The number of rotatable bonds is 4. The van der Waals surface area contributed by atoms with E-state index in [1.54, 1.807) is 6.92 Å². The molecular formula is C13H16N4O2. The number of aryl methyl sites for hydroxylation is 1. The molecule has 2 rings (SSSR count). The van der Waals surface area contributed by atoms with Crippen molar-refractivity contribution in [2.45, 2.75) is 26.2 Å². The quantitative estimate of drug-likeness (QED) is 0.876. The number of nitrogens with zero attached hydrogens (tertiary/aromatic N) is 2. The van der Waals surface area contributed by atoms with Crippen LogP contribution in [0.3, 0.4) is 0 Å². The number of amides is 1. The van der Waals surface area contributed by atoms with Crippen LogP contribution in [0.25, 0.3) is 0 Å². The molecule has 6 heteroatoms. The van der Waals surface area contributed by atoms with Gasteiger partial charge in [-0.1, -0.05) is 24.2 Å². The number of hydrogen-bond donors (Lipinski definition) is 2. The maximum Gasteiger partial charge on any atom is 0.233 e. The Bertz CT molecular complexity index is 562. The number of nitrogens with one attached hydrogen (secondary N) is 1. The van der Waals surface area contributed by atoms with Crippen LogP contribution in [0.15, 0.2) is 28.9 Å². The molecule has 0 spiro atoms. The van der Waals surface area contributed by atoms with Gasteiger partial charge in [0.05, 0.1) is 5.92 Å². The Balaban J connectivity index is 2.06. The van der Waals surface area contributed by atoms with Crippen LogP contribution in [-0.2, 0) is 11.2 Å². The van der Waals surface area contributed by atoms with E-state index in [1.807, 2.05) is 24.3 Å². The number of benzene rings is 1. The highest BCUT2D eigenvalue weighted by atomic mass is 16.6. The van der Waals surface area contributed by atoms with Gasteiger partial charge in [-0.3, -0.25) is 4.79 Å². The van der Waals surface area contributed by atoms with Crippen LogP contribution >= 0.6 is 0 Å². The smallest absolute Gasteiger partial charge is 0.233 e. The summed E-state index contributed by atoms with van der Waals surface area (Å²) < 4.78 is 4.49. The molecule has 1 heterocycles. The summed E-state index contributed by atoms with van der Waals surface area (Å²) in [6, 6.07) is 7.69. The lowest BCUT2D eigenvalue weighted by atomic mass is 10.1. The number of hydrogen-bond acceptors (Lipinski definition) is 5. The first-order chi connectivity index (χ1) is 9.11. The summed E-state index contributed by atoms with van der Waals surface area (Å²) in [7, 11) is 0. The first-order valence-electron chi connectivity index (χ1n) is 6.09. The van der Waals surface area contributed by atoms with Gasteiger partial charge in [-0.2, -0.15) is 0 Å². The van der Waals surface area contributed by atoms with Crippen LogP contribution in [0.2, 0.25) is 0 Å². The van der Waals surface area contributed by atoms with Crippen LogP contribution in [0.5, 0.6) is 0 Å². The van der Waals surface area contributed by atoms with Gasteiger partial charge < -0.3 is 11.1 Å². The minimum Gasteiger partial charge on any atom is -0.379 e. The molecule has 100 valence electrons. The molecule has 0 aliphatic heterocycles. The van der Waals surface area contributed by atoms with Crippen molar-refractivity contribution in [2.24, 2.45) is 0 Å². The third kappa shape index (κ3) is 2.90. The second-order valence-corrected chi connectivity index (χ2v) is 4.30. The summed E-state index contributed by atoms with van der Waals surface area (Å²) in [5, 5.41) is 9.90. The monoisotopic (exact) mass is 260 g/mol. The SMILES string of the molecule is CCc1ccc(NC(=O)C(C)c2nonc2N)cc1. The van der Waals surface area contributed by atoms with Gasteiger partial charge in [-0.15, -0.1) is 0 Å². The molecule has 0 saturated heterocycles. The van der Waals surface area contributed by atoms with Crippen LogP contribution in [-0.4, -0.2) is 16.2 Å². The van der Waals surface area contributed by atoms with E-state index in [2.05, 4.69) is 27.2 Å². The largest absolute Gasteiger partial charge is 0.379 e. The summed E-state index contributed by atoms with van der Waals surface area (Å²) >= 11 is 0. The Morgan fingerprint density at radius 3 is 2.58 bits per heavy atom. The predicted octanol–water partition coefficient (Wildman–Crippen LogP) is 1.96. The summed E-state index contributed by atoms with van der Waals surface area (Å²) in [4.78, 5) is 12.0. The third-order valence-corrected chi connectivity index (χ3v) is 2.97. The number of aromatic nitrogens is 2. The number of nitrogens with two attached hydrogens (primary N) is 1. The zero-order valence-electron chi connectivity index (χ0n) is 10.9. The lowest BCUT2D eigenvalue weighted by Gasteiger charge is -2.10.